The van der Waals surface area contributed by atoms with E-state index < -0.39 is 0 Å². The molecule has 1 fully saturated rings. The highest BCUT2D eigenvalue weighted by Gasteiger charge is 2.26. The topological polar surface area (TPSA) is 107 Å². The quantitative estimate of drug-likeness (QED) is 0.396. The summed E-state index contributed by atoms with van der Waals surface area (Å²) in [5, 5.41) is 9.69. The van der Waals surface area contributed by atoms with Gasteiger partial charge in [0.15, 0.2) is 5.75 Å². The van der Waals surface area contributed by atoms with Gasteiger partial charge in [-0.15, -0.1) is 0 Å². The monoisotopic (exact) mass is 558 g/mol. The summed E-state index contributed by atoms with van der Waals surface area (Å²) in [6, 6.07) is 4.33. The number of hydrogen-bond donors (Lipinski definition) is 3. The number of carbonyl (C=O) groups excluding carboxylic acids is 1. The number of benzene rings is 1. The van der Waals surface area contributed by atoms with Crippen molar-refractivity contribution < 1.29 is 14.3 Å². The van der Waals surface area contributed by atoms with Crippen LogP contribution in [-0.4, -0.2) is 86.3 Å². The van der Waals surface area contributed by atoms with E-state index in [-0.39, 0.29) is 12.1 Å². The van der Waals surface area contributed by atoms with Crippen LogP contribution in [0.25, 0.3) is 5.57 Å². The predicted octanol–water partition coefficient (Wildman–Crippen LogP) is 3.55. The minimum atomic E-state index is -0.289. The Bertz CT molecular complexity index is 1410. The molecule has 0 spiro atoms. The van der Waals surface area contributed by atoms with Gasteiger partial charge in [0.25, 0.3) is 0 Å². The van der Waals surface area contributed by atoms with Gasteiger partial charge in [0, 0.05) is 50.2 Å². The van der Waals surface area contributed by atoms with Crippen molar-refractivity contribution >= 4 is 34.5 Å². The van der Waals surface area contributed by atoms with Gasteiger partial charge in [-0.3, -0.25) is 4.79 Å². The first kappa shape index (κ1) is 28.0. The van der Waals surface area contributed by atoms with Crippen molar-refractivity contribution in [1.29, 1.82) is 0 Å². The Hall–Kier alpha value is -4.51. The molecule has 216 valence electrons. The van der Waals surface area contributed by atoms with Gasteiger partial charge in [0.2, 0.25) is 11.9 Å². The number of allylic oxidation sites excluding steroid dienone is 2. The Morgan fingerprint density at radius 1 is 1.17 bits per heavy atom. The maximum atomic E-state index is 12.4. The Morgan fingerprint density at radius 3 is 2.61 bits per heavy atom. The standard InChI is InChI=1S/C30H38N8O3/c1-7-27(39)33-22-15-23(25(40-5)16-24(22)38-12-9-21(10-13-38)36(2)3)34-30-32-18-26(41-6)28(35-30)20-14-19-8-11-37(4)29(19)31-17-20/h7-8,11,14-18,21,29,31H,1,9-10,12-13H2,2-6H3,(H,33,39)(H,32,34,35). The molecule has 3 N–H and O–H groups in total. The van der Waals surface area contributed by atoms with E-state index in [2.05, 4.69) is 68.5 Å². The number of methoxy groups -OCH3 is 2. The van der Waals surface area contributed by atoms with Crippen LogP contribution in [0.15, 0.2) is 61.1 Å². The molecule has 3 aliphatic heterocycles. The van der Waals surface area contributed by atoms with Crippen molar-refractivity contribution in [2.24, 2.45) is 0 Å². The average molecular weight is 559 g/mol. The van der Waals surface area contributed by atoms with Crippen LogP contribution in [0.2, 0.25) is 0 Å². The third-order valence-corrected chi connectivity index (χ3v) is 7.74. The van der Waals surface area contributed by atoms with E-state index in [0.717, 1.165) is 42.8 Å². The molecule has 1 unspecified atom stereocenters. The largest absolute Gasteiger partial charge is 0.494 e. The van der Waals surface area contributed by atoms with Gasteiger partial charge < -0.3 is 40.1 Å². The van der Waals surface area contributed by atoms with E-state index in [1.165, 1.54) is 6.08 Å². The number of fused-ring (bicyclic) bond motifs is 1. The van der Waals surface area contributed by atoms with Gasteiger partial charge in [0.1, 0.15) is 17.6 Å². The van der Waals surface area contributed by atoms with Gasteiger partial charge in [-0.1, -0.05) is 6.58 Å². The number of nitrogens with zero attached hydrogens (tertiary/aromatic N) is 5. The number of hydrogen-bond acceptors (Lipinski definition) is 10. The fourth-order valence-corrected chi connectivity index (χ4v) is 5.40. The highest BCUT2D eigenvalue weighted by molar-refractivity contribution is 6.02. The van der Waals surface area contributed by atoms with Crippen molar-refractivity contribution in [2.45, 2.75) is 25.0 Å². The molecule has 1 atom stereocenters. The van der Waals surface area contributed by atoms with Gasteiger partial charge in [-0.05, 0) is 56.8 Å². The molecule has 0 radical (unpaired) electrons. The Kier molecular flexibility index (Phi) is 8.16. The summed E-state index contributed by atoms with van der Waals surface area (Å²) in [6.07, 6.45) is 13.2. The molecule has 1 aromatic carbocycles. The van der Waals surface area contributed by atoms with Crippen LogP contribution in [0.4, 0.5) is 23.0 Å². The molecule has 3 aliphatic rings. The molecular formula is C30H38N8O3. The minimum absolute atomic E-state index is 0.102. The molecule has 0 bridgehead atoms. The highest BCUT2D eigenvalue weighted by atomic mass is 16.5. The molecule has 4 heterocycles. The zero-order valence-corrected chi connectivity index (χ0v) is 24.3. The summed E-state index contributed by atoms with van der Waals surface area (Å²) in [6.45, 7) is 5.35. The first-order valence-corrected chi connectivity index (χ1v) is 13.6. The average Bonchev–Trinajstić information content (AvgIpc) is 3.36. The number of dihydropyridines is 1. The second kappa shape index (κ2) is 11.9. The van der Waals surface area contributed by atoms with E-state index in [0.29, 0.717) is 40.6 Å². The van der Waals surface area contributed by atoms with Crippen LogP contribution in [0.3, 0.4) is 0 Å². The first-order chi connectivity index (χ1) is 19.8. The lowest BCUT2D eigenvalue weighted by Crippen LogP contribution is -2.42. The molecular weight excluding hydrogens is 520 g/mol. The van der Waals surface area contributed by atoms with Gasteiger partial charge in [0.05, 0.1) is 37.5 Å². The zero-order chi connectivity index (χ0) is 29.1. The summed E-state index contributed by atoms with van der Waals surface area (Å²) >= 11 is 0. The lowest BCUT2D eigenvalue weighted by molar-refractivity contribution is -0.111. The molecule has 41 heavy (non-hydrogen) atoms. The number of aromatic nitrogens is 2. The highest BCUT2D eigenvalue weighted by Crippen LogP contribution is 2.40. The van der Waals surface area contributed by atoms with Crippen molar-refractivity contribution in [2.75, 3.05) is 64.0 Å². The summed E-state index contributed by atoms with van der Waals surface area (Å²) in [7, 11) is 9.48. The maximum Gasteiger partial charge on any atom is 0.247 e. The number of likely N-dealkylation sites (N-methyl/N-ethyl adjacent to an activating group) is 1. The zero-order valence-electron chi connectivity index (χ0n) is 24.3. The van der Waals surface area contributed by atoms with Crippen LogP contribution in [0.1, 0.15) is 18.5 Å². The molecule has 0 aliphatic carbocycles. The lowest BCUT2D eigenvalue weighted by atomic mass is 10.0. The third-order valence-electron chi connectivity index (χ3n) is 7.74. The molecule has 5 rings (SSSR count). The smallest absolute Gasteiger partial charge is 0.247 e. The number of anilines is 4. The molecule has 11 nitrogen and oxygen atoms in total. The van der Waals surface area contributed by atoms with E-state index in [9.17, 15) is 4.79 Å². The summed E-state index contributed by atoms with van der Waals surface area (Å²) in [5.41, 5.74) is 4.82. The van der Waals surface area contributed by atoms with Crippen LogP contribution in [0, 0.1) is 0 Å². The van der Waals surface area contributed by atoms with Crippen LogP contribution >= 0.6 is 0 Å². The maximum absolute atomic E-state index is 12.4. The molecule has 0 saturated carbocycles. The number of piperidine rings is 1. The van der Waals surface area contributed by atoms with Gasteiger partial charge in [-0.2, -0.15) is 0 Å². The van der Waals surface area contributed by atoms with Crippen molar-refractivity contribution in [3.63, 3.8) is 0 Å². The Morgan fingerprint density at radius 2 is 1.93 bits per heavy atom. The fraction of sp³-hybridized carbons (Fsp3) is 0.367. The van der Waals surface area contributed by atoms with Crippen molar-refractivity contribution in [3.05, 3.63) is 66.8 Å². The number of rotatable bonds is 9. The van der Waals surface area contributed by atoms with Crippen molar-refractivity contribution in [1.82, 2.24) is 25.1 Å². The summed E-state index contributed by atoms with van der Waals surface area (Å²) < 4.78 is 11.4. The van der Waals surface area contributed by atoms with E-state index in [1.54, 1.807) is 20.4 Å². The minimum Gasteiger partial charge on any atom is -0.494 e. The van der Waals surface area contributed by atoms with E-state index in [1.807, 2.05) is 31.6 Å². The number of ether oxygens (including phenoxy) is 2. The number of amides is 1. The molecule has 2 aromatic rings. The second-order valence-corrected chi connectivity index (χ2v) is 10.5. The SMILES string of the molecule is C=CC(=O)Nc1cc(Nc2ncc(OC)c(C3=CNC4C(=C3)C=CN4C)n2)c(OC)cc1N1CCC(N(C)C)CC1. The number of nitrogens with one attached hydrogen (secondary N) is 3. The number of carbonyl (C=O) groups is 1. The molecule has 11 heteroatoms. The van der Waals surface area contributed by atoms with Crippen LogP contribution < -0.4 is 30.3 Å². The fourth-order valence-electron chi connectivity index (χ4n) is 5.40. The van der Waals surface area contributed by atoms with Crippen molar-refractivity contribution in [3.8, 4) is 11.5 Å². The molecule has 1 saturated heterocycles. The van der Waals surface area contributed by atoms with Gasteiger partial charge >= 0.3 is 0 Å². The van der Waals surface area contributed by atoms with E-state index >= 15 is 0 Å². The molecule has 1 aromatic heterocycles. The van der Waals surface area contributed by atoms with Crippen LogP contribution in [-0.2, 0) is 4.79 Å². The lowest BCUT2D eigenvalue weighted by Gasteiger charge is -2.37. The first-order valence-electron chi connectivity index (χ1n) is 13.6. The van der Waals surface area contributed by atoms with Gasteiger partial charge in [-0.25, -0.2) is 9.97 Å². The third kappa shape index (κ3) is 5.85. The van der Waals surface area contributed by atoms with E-state index in [4.69, 9.17) is 14.5 Å². The molecule has 1 amide bonds. The Labute approximate surface area is 241 Å². The normalized spacial score (nSPS) is 18.3. The second-order valence-electron chi connectivity index (χ2n) is 10.5. The summed E-state index contributed by atoms with van der Waals surface area (Å²) in [4.78, 5) is 28.3. The Balaban J connectivity index is 1.46. The van der Waals surface area contributed by atoms with Crippen LogP contribution in [0.5, 0.6) is 11.5 Å². The summed E-state index contributed by atoms with van der Waals surface area (Å²) in [5.74, 6) is 1.23. The predicted molar refractivity (Wildman–Crippen MR) is 162 cm³/mol.